The predicted molar refractivity (Wildman–Crippen MR) is 95.8 cm³/mol. The second kappa shape index (κ2) is 9.22. The number of hydrogen-bond acceptors (Lipinski definition) is 3. The number of benzene rings is 1. The van der Waals surface area contributed by atoms with E-state index in [0.29, 0.717) is 29.9 Å². The molecule has 0 aromatic heterocycles. The van der Waals surface area contributed by atoms with Gasteiger partial charge in [-0.1, -0.05) is 15.9 Å². The Morgan fingerprint density at radius 2 is 2.09 bits per heavy atom. The molecule has 5 nitrogen and oxygen atoms in total. The van der Waals surface area contributed by atoms with Crippen molar-refractivity contribution >= 4 is 31.7 Å². The van der Waals surface area contributed by atoms with Crippen LogP contribution in [0.4, 0.5) is 4.39 Å². The van der Waals surface area contributed by atoms with Crippen LogP contribution in [-0.2, 0) is 16.4 Å². The van der Waals surface area contributed by atoms with E-state index < -0.39 is 9.84 Å². The highest BCUT2D eigenvalue weighted by atomic mass is 79.9. The molecule has 1 aromatic carbocycles. The van der Waals surface area contributed by atoms with Crippen molar-refractivity contribution in [1.82, 2.24) is 10.6 Å². The summed E-state index contributed by atoms with van der Waals surface area (Å²) < 4.78 is 36.4. The molecule has 0 heterocycles. The lowest BCUT2D eigenvalue weighted by Gasteiger charge is -2.17. The van der Waals surface area contributed by atoms with Gasteiger partial charge in [0, 0.05) is 23.3 Å². The molecule has 0 radical (unpaired) electrons. The van der Waals surface area contributed by atoms with Gasteiger partial charge in [-0.05, 0) is 44.0 Å². The number of halogens is 2. The van der Waals surface area contributed by atoms with Crippen LogP contribution >= 0.6 is 15.9 Å². The van der Waals surface area contributed by atoms with Gasteiger partial charge in [-0.25, -0.2) is 17.8 Å². The van der Waals surface area contributed by atoms with Crippen LogP contribution in [0.15, 0.2) is 27.7 Å². The molecule has 0 spiro atoms. The average molecular weight is 408 g/mol. The minimum atomic E-state index is -2.98. The van der Waals surface area contributed by atoms with Crippen LogP contribution in [0.1, 0.15) is 25.8 Å². The lowest BCUT2D eigenvalue weighted by Crippen LogP contribution is -2.42. The Balaban J connectivity index is 2.69. The van der Waals surface area contributed by atoms with Crippen LogP contribution in [0.2, 0.25) is 0 Å². The highest BCUT2D eigenvalue weighted by molar-refractivity contribution is 9.10. The van der Waals surface area contributed by atoms with Gasteiger partial charge in [-0.15, -0.1) is 0 Å². The summed E-state index contributed by atoms with van der Waals surface area (Å²) in [6.45, 7) is 4.84. The molecular weight excluding hydrogens is 385 g/mol. The summed E-state index contributed by atoms with van der Waals surface area (Å²) >= 11 is 3.25. The summed E-state index contributed by atoms with van der Waals surface area (Å²) in [5.74, 6) is 0.384. The topological polar surface area (TPSA) is 70.6 Å². The van der Waals surface area contributed by atoms with Crippen molar-refractivity contribution in [3.8, 4) is 0 Å². The Labute approximate surface area is 145 Å². The van der Waals surface area contributed by atoms with Gasteiger partial charge < -0.3 is 10.6 Å². The van der Waals surface area contributed by atoms with E-state index in [1.54, 1.807) is 0 Å². The highest BCUT2D eigenvalue weighted by Gasteiger charge is 2.09. The quantitative estimate of drug-likeness (QED) is 0.537. The smallest absolute Gasteiger partial charge is 0.191 e. The summed E-state index contributed by atoms with van der Waals surface area (Å²) in [7, 11) is -2.98. The van der Waals surface area contributed by atoms with Crippen LogP contribution in [0, 0.1) is 5.82 Å². The SMILES string of the molecule is CCNC(=NCc1cc(F)cc(Br)c1)NC(C)CCS(C)(=O)=O. The maximum absolute atomic E-state index is 13.4. The Hall–Kier alpha value is -1.15. The summed E-state index contributed by atoms with van der Waals surface area (Å²) in [6.07, 6.45) is 1.72. The fourth-order valence-corrected chi connectivity index (χ4v) is 3.18. The second-order valence-corrected chi connectivity index (χ2v) is 8.61. The first-order valence-corrected chi connectivity index (χ1v) is 10.2. The molecule has 0 saturated carbocycles. The molecule has 0 bridgehead atoms. The first-order valence-electron chi connectivity index (χ1n) is 7.37. The molecule has 0 aliphatic heterocycles. The Bertz CT molecular complexity index is 630. The Morgan fingerprint density at radius 3 is 2.65 bits per heavy atom. The zero-order chi connectivity index (χ0) is 17.5. The normalized spacial score (nSPS) is 13.7. The lowest BCUT2D eigenvalue weighted by atomic mass is 10.2. The first kappa shape index (κ1) is 19.9. The zero-order valence-corrected chi connectivity index (χ0v) is 16.0. The minimum Gasteiger partial charge on any atom is -0.357 e. The van der Waals surface area contributed by atoms with E-state index >= 15 is 0 Å². The van der Waals surface area contributed by atoms with Gasteiger partial charge in [-0.3, -0.25) is 0 Å². The van der Waals surface area contributed by atoms with Crippen LogP contribution < -0.4 is 10.6 Å². The molecule has 130 valence electrons. The number of sulfone groups is 1. The second-order valence-electron chi connectivity index (χ2n) is 5.44. The van der Waals surface area contributed by atoms with E-state index in [1.165, 1.54) is 18.4 Å². The zero-order valence-electron chi connectivity index (χ0n) is 13.6. The lowest BCUT2D eigenvalue weighted by molar-refractivity contribution is 0.581. The van der Waals surface area contributed by atoms with Crippen LogP contribution in [0.25, 0.3) is 0 Å². The molecule has 0 aliphatic rings. The van der Waals surface area contributed by atoms with Crippen molar-refractivity contribution in [2.45, 2.75) is 32.9 Å². The largest absolute Gasteiger partial charge is 0.357 e. The monoisotopic (exact) mass is 407 g/mol. The van der Waals surface area contributed by atoms with Crippen molar-refractivity contribution < 1.29 is 12.8 Å². The molecule has 8 heteroatoms. The van der Waals surface area contributed by atoms with Crippen molar-refractivity contribution in [2.24, 2.45) is 4.99 Å². The first-order chi connectivity index (χ1) is 10.7. The number of guanidine groups is 1. The van der Waals surface area contributed by atoms with Gasteiger partial charge in [0.2, 0.25) is 0 Å². The van der Waals surface area contributed by atoms with Crippen molar-refractivity contribution in [3.05, 3.63) is 34.1 Å². The summed E-state index contributed by atoms with van der Waals surface area (Å²) in [4.78, 5) is 4.41. The molecule has 0 aliphatic carbocycles. The van der Waals surface area contributed by atoms with Crippen molar-refractivity contribution in [2.75, 3.05) is 18.6 Å². The standard InChI is InChI=1S/C15H23BrFN3O2S/c1-4-18-15(20-11(2)5-6-23(3,21)22)19-10-12-7-13(16)9-14(17)8-12/h7-9,11H,4-6,10H2,1-3H3,(H2,18,19,20). The summed E-state index contributed by atoms with van der Waals surface area (Å²) in [6, 6.07) is 4.60. The van der Waals surface area contributed by atoms with E-state index in [4.69, 9.17) is 0 Å². The average Bonchev–Trinajstić information content (AvgIpc) is 2.41. The maximum atomic E-state index is 13.4. The fourth-order valence-electron chi connectivity index (χ4n) is 1.89. The number of aliphatic imine (C=N–C) groups is 1. The molecule has 2 N–H and O–H groups in total. The van der Waals surface area contributed by atoms with E-state index in [0.717, 1.165) is 5.56 Å². The maximum Gasteiger partial charge on any atom is 0.191 e. The van der Waals surface area contributed by atoms with Gasteiger partial charge in [-0.2, -0.15) is 0 Å². The number of nitrogens with zero attached hydrogens (tertiary/aromatic N) is 1. The van der Waals surface area contributed by atoms with Gasteiger partial charge in [0.15, 0.2) is 5.96 Å². The van der Waals surface area contributed by atoms with Gasteiger partial charge >= 0.3 is 0 Å². The number of rotatable bonds is 7. The van der Waals surface area contributed by atoms with E-state index in [-0.39, 0.29) is 17.6 Å². The molecule has 0 fully saturated rings. The number of hydrogen-bond donors (Lipinski definition) is 2. The summed E-state index contributed by atoms with van der Waals surface area (Å²) in [5, 5.41) is 6.25. The molecular formula is C15H23BrFN3O2S. The van der Waals surface area contributed by atoms with E-state index in [9.17, 15) is 12.8 Å². The molecule has 1 unspecified atom stereocenters. The third-order valence-corrected chi connectivity index (χ3v) is 4.43. The van der Waals surface area contributed by atoms with Gasteiger partial charge in [0.1, 0.15) is 15.7 Å². The molecule has 1 atom stereocenters. The Kier molecular flexibility index (Phi) is 7.98. The number of nitrogens with one attached hydrogen (secondary N) is 2. The minimum absolute atomic E-state index is 0.0400. The summed E-state index contributed by atoms with van der Waals surface area (Å²) in [5.41, 5.74) is 0.748. The Morgan fingerprint density at radius 1 is 1.39 bits per heavy atom. The molecule has 23 heavy (non-hydrogen) atoms. The molecule has 1 aromatic rings. The molecule has 0 amide bonds. The van der Waals surface area contributed by atoms with Crippen LogP contribution in [-0.4, -0.2) is 39.0 Å². The fraction of sp³-hybridized carbons (Fsp3) is 0.533. The van der Waals surface area contributed by atoms with E-state index in [2.05, 4.69) is 31.6 Å². The van der Waals surface area contributed by atoms with Crippen LogP contribution in [0.5, 0.6) is 0 Å². The van der Waals surface area contributed by atoms with Crippen molar-refractivity contribution in [1.29, 1.82) is 0 Å². The van der Waals surface area contributed by atoms with E-state index in [1.807, 2.05) is 19.9 Å². The van der Waals surface area contributed by atoms with Crippen LogP contribution in [0.3, 0.4) is 0 Å². The van der Waals surface area contributed by atoms with Gasteiger partial charge in [0.25, 0.3) is 0 Å². The predicted octanol–water partition coefficient (Wildman–Crippen LogP) is 2.47. The molecule has 0 saturated heterocycles. The highest BCUT2D eigenvalue weighted by Crippen LogP contribution is 2.15. The van der Waals surface area contributed by atoms with Gasteiger partial charge in [0.05, 0.1) is 12.3 Å². The van der Waals surface area contributed by atoms with Crippen molar-refractivity contribution in [3.63, 3.8) is 0 Å². The molecule has 1 rings (SSSR count). The third-order valence-electron chi connectivity index (χ3n) is 2.99. The third kappa shape index (κ3) is 8.90.